The maximum Gasteiger partial charge on any atom is 0.255 e. The molecule has 0 bridgehead atoms. The molecule has 0 fully saturated rings. The number of hydrogen-bond donors (Lipinski definition) is 2. The van der Waals surface area contributed by atoms with Crippen LogP contribution in [0.5, 0.6) is 11.5 Å². The van der Waals surface area contributed by atoms with Crippen LogP contribution in [0.1, 0.15) is 41.0 Å². The van der Waals surface area contributed by atoms with Crippen molar-refractivity contribution in [2.45, 2.75) is 26.3 Å². The molecule has 0 saturated heterocycles. The zero-order chi connectivity index (χ0) is 22.8. The van der Waals surface area contributed by atoms with E-state index in [-0.39, 0.29) is 17.9 Å². The lowest BCUT2D eigenvalue weighted by atomic mass is 10.1. The highest BCUT2D eigenvalue weighted by atomic mass is 16.5. The number of rotatable bonds is 10. The summed E-state index contributed by atoms with van der Waals surface area (Å²) in [4.78, 5) is 24.9. The maximum atomic E-state index is 12.6. The molecule has 6 nitrogen and oxygen atoms in total. The Morgan fingerprint density at radius 3 is 2.09 bits per heavy atom. The third-order valence-electron chi connectivity index (χ3n) is 4.85. The van der Waals surface area contributed by atoms with Crippen LogP contribution in [0.15, 0.2) is 78.9 Å². The minimum Gasteiger partial charge on any atom is -0.490 e. The zero-order valence-electron chi connectivity index (χ0n) is 18.3. The smallest absolute Gasteiger partial charge is 0.255 e. The molecule has 3 aromatic carbocycles. The largest absolute Gasteiger partial charge is 0.490 e. The molecule has 166 valence electrons. The Labute approximate surface area is 188 Å². The van der Waals surface area contributed by atoms with Gasteiger partial charge in [0.05, 0.1) is 0 Å². The average Bonchev–Trinajstić information content (AvgIpc) is 2.83. The molecule has 0 spiro atoms. The molecule has 0 aliphatic heterocycles. The summed E-state index contributed by atoms with van der Waals surface area (Å²) in [6.07, 6.45) is 0.849. The van der Waals surface area contributed by atoms with E-state index >= 15 is 0 Å². The number of carbonyl (C=O) groups is 2. The molecular weight excluding hydrogens is 404 g/mol. The van der Waals surface area contributed by atoms with Gasteiger partial charge in [-0.2, -0.15) is 0 Å². The Hall–Kier alpha value is -3.80. The molecule has 0 aliphatic rings. The van der Waals surface area contributed by atoms with Gasteiger partial charge >= 0.3 is 0 Å². The highest BCUT2D eigenvalue weighted by molar-refractivity contribution is 6.05. The minimum absolute atomic E-state index is 0.0892. The highest BCUT2D eigenvalue weighted by Gasteiger charge is 2.11. The van der Waals surface area contributed by atoms with Crippen LogP contribution < -0.4 is 20.1 Å². The first-order valence-corrected chi connectivity index (χ1v) is 10.7. The summed E-state index contributed by atoms with van der Waals surface area (Å²) in [5.74, 6) is 1.03. The predicted octanol–water partition coefficient (Wildman–Crippen LogP) is 4.93. The second-order valence-electron chi connectivity index (χ2n) is 7.35. The fourth-order valence-corrected chi connectivity index (χ4v) is 2.89. The van der Waals surface area contributed by atoms with Crippen molar-refractivity contribution in [1.82, 2.24) is 5.32 Å². The Bertz CT molecular complexity index is 1020. The standard InChI is InChI=1S/C26H28N2O4/c1-3-19(2)27-26(30)21-8-7-9-22(18-21)28-25(29)20-12-14-24(15-13-20)32-17-16-31-23-10-5-4-6-11-23/h4-15,18-19H,3,16-17H2,1-2H3,(H,27,30)(H,28,29). The van der Waals surface area contributed by atoms with Gasteiger partial charge < -0.3 is 20.1 Å². The first-order chi connectivity index (χ1) is 15.5. The fourth-order valence-electron chi connectivity index (χ4n) is 2.89. The summed E-state index contributed by atoms with van der Waals surface area (Å²) >= 11 is 0. The summed E-state index contributed by atoms with van der Waals surface area (Å²) in [6, 6.07) is 23.4. The van der Waals surface area contributed by atoms with Gasteiger partial charge in [0.15, 0.2) is 0 Å². The third kappa shape index (κ3) is 6.87. The molecule has 1 unspecified atom stereocenters. The van der Waals surface area contributed by atoms with Crippen LogP contribution in [0.2, 0.25) is 0 Å². The van der Waals surface area contributed by atoms with Crippen molar-refractivity contribution in [1.29, 1.82) is 0 Å². The van der Waals surface area contributed by atoms with Crippen molar-refractivity contribution >= 4 is 17.5 Å². The van der Waals surface area contributed by atoms with Gasteiger partial charge in [-0.05, 0) is 67.9 Å². The molecule has 0 heterocycles. The Kier molecular flexibility index (Phi) is 8.26. The minimum atomic E-state index is -0.261. The molecule has 32 heavy (non-hydrogen) atoms. The maximum absolute atomic E-state index is 12.6. The number of para-hydroxylation sites is 1. The molecule has 2 amide bonds. The number of hydrogen-bond acceptors (Lipinski definition) is 4. The molecule has 3 aromatic rings. The van der Waals surface area contributed by atoms with E-state index in [1.54, 1.807) is 48.5 Å². The van der Waals surface area contributed by atoms with E-state index in [0.717, 1.165) is 12.2 Å². The second kappa shape index (κ2) is 11.6. The first-order valence-electron chi connectivity index (χ1n) is 10.7. The highest BCUT2D eigenvalue weighted by Crippen LogP contribution is 2.16. The molecular formula is C26H28N2O4. The number of anilines is 1. The van der Waals surface area contributed by atoms with Crippen LogP contribution in [0.25, 0.3) is 0 Å². The Morgan fingerprint density at radius 2 is 1.44 bits per heavy atom. The van der Waals surface area contributed by atoms with Crippen LogP contribution in [-0.4, -0.2) is 31.1 Å². The molecule has 6 heteroatoms. The summed E-state index contributed by atoms with van der Waals surface area (Å²) < 4.78 is 11.3. The van der Waals surface area contributed by atoms with Crippen molar-refractivity contribution in [3.8, 4) is 11.5 Å². The van der Waals surface area contributed by atoms with Crippen molar-refractivity contribution < 1.29 is 19.1 Å². The van der Waals surface area contributed by atoms with Gasteiger partial charge in [-0.1, -0.05) is 31.2 Å². The van der Waals surface area contributed by atoms with Crippen LogP contribution >= 0.6 is 0 Å². The third-order valence-corrected chi connectivity index (χ3v) is 4.85. The molecule has 0 radical (unpaired) electrons. The normalized spacial score (nSPS) is 11.3. The van der Waals surface area contributed by atoms with Crippen LogP contribution in [0.4, 0.5) is 5.69 Å². The molecule has 0 saturated carbocycles. The van der Waals surface area contributed by atoms with Crippen molar-refractivity contribution in [3.63, 3.8) is 0 Å². The van der Waals surface area contributed by atoms with Crippen molar-refractivity contribution in [2.24, 2.45) is 0 Å². The van der Waals surface area contributed by atoms with Crippen LogP contribution in [0, 0.1) is 0 Å². The quantitative estimate of drug-likeness (QED) is 0.446. The summed E-state index contributed by atoms with van der Waals surface area (Å²) in [5, 5.41) is 5.75. The van der Waals surface area contributed by atoms with Gasteiger partial charge in [-0.3, -0.25) is 9.59 Å². The van der Waals surface area contributed by atoms with Crippen molar-refractivity contribution in [3.05, 3.63) is 90.0 Å². The number of ether oxygens (including phenoxy) is 2. The van der Waals surface area contributed by atoms with E-state index in [1.807, 2.05) is 44.2 Å². The van der Waals surface area contributed by atoms with Crippen LogP contribution in [0.3, 0.4) is 0 Å². The monoisotopic (exact) mass is 432 g/mol. The van der Waals surface area contributed by atoms with E-state index in [0.29, 0.717) is 35.8 Å². The van der Waals surface area contributed by atoms with Gasteiger partial charge in [-0.25, -0.2) is 0 Å². The van der Waals surface area contributed by atoms with Gasteiger partial charge in [0.25, 0.3) is 11.8 Å². The topological polar surface area (TPSA) is 76.7 Å². The van der Waals surface area contributed by atoms with E-state index in [9.17, 15) is 9.59 Å². The number of amides is 2. The van der Waals surface area contributed by atoms with Gasteiger partial charge in [0.1, 0.15) is 24.7 Å². The summed E-state index contributed by atoms with van der Waals surface area (Å²) in [5.41, 5.74) is 1.56. The number of carbonyl (C=O) groups excluding carboxylic acids is 2. The molecule has 3 rings (SSSR count). The molecule has 1 atom stereocenters. The van der Waals surface area contributed by atoms with E-state index in [1.165, 1.54) is 0 Å². The van der Waals surface area contributed by atoms with Gasteiger partial charge in [-0.15, -0.1) is 0 Å². The van der Waals surface area contributed by atoms with E-state index < -0.39 is 0 Å². The second-order valence-corrected chi connectivity index (χ2v) is 7.35. The fraction of sp³-hybridized carbons (Fsp3) is 0.231. The SMILES string of the molecule is CCC(C)NC(=O)c1cccc(NC(=O)c2ccc(OCCOc3ccccc3)cc2)c1. The van der Waals surface area contributed by atoms with Gasteiger partial charge in [0, 0.05) is 22.9 Å². The number of nitrogens with one attached hydrogen (secondary N) is 2. The lowest BCUT2D eigenvalue weighted by molar-refractivity contribution is 0.0938. The lowest BCUT2D eigenvalue weighted by Gasteiger charge is -2.12. The molecule has 0 aliphatic carbocycles. The number of benzene rings is 3. The van der Waals surface area contributed by atoms with E-state index in [4.69, 9.17) is 9.47 Å². The average molecular weight is 433 g/mol. The van der Waals surface area contributed by atoms with Crippen molar-refractivity contribution in [2.75, 3.05) is 18.5 Å². The molecule has 2 N–H and O–H groups in total. The Balaban J connectivity index is 1.50. The Morgan fingerprint density at radius 1 is 0.781 bits per heavy atom. The lowest BCUT2D eigenvalue weighted by Crippen LogP contribution is -2.31. The summed E-state index contributed by atoms with van der Waals surface area (Å²) in [7, 11) is 0. The van der Waals surface area contributed by atoms with Crippen LogP contribution in [-0.2, 0) is 0 Å². The van der Waals surface area contributed by atoms with E-state index in [2.05, 4.69) is 10.6 Å². The molecule has 0 aromatic heterocycles. The zero-order valence-corrected chi connectivity index (χ0v) is 18.3. The summed E-state index contributed by atoms with van der Waals surface area (Å²) in [6.45, 7) is 4.78. The predicted molar refractivity (Wildman–Crippen MR) is 125 cm³/mol. The van der Waals surface area contributed by atoms with Gasteiger partial charge in [0.2, 0.25) is 0 Å². The first kappa shape index (κ1) is 22.9.